The molecule has 2 atom stereocenters. The fourth-order valence-electron chi connectivity index (χ4n) is 2.85. The second-order valence-corrected chi connectivity index (χ2v) is 6.72. The molecule has 4 nitrogen and oxygen atoms in total. The predicted octanol–water partition coefficient (Wildman–Crippen LogP) is 2.34. The zero-order valence-electron chi connectivity index (χ0n) is 11.8. The summed E-state index contributed by atoms with van der Waals surface area (Å²) >= 11 is 3.47. The highest BCUT2D eigenvalue weighted by Crippen LogP contribution is 2.29. The molecule has 1 aliphatic heterocycles. The van der Waals surface area contributed by atoms with Crippen molar-refractivity contribution in [1.29, 1.82) is 0 Å². The predicted molar refractivity (Wildman–Crippen MR) is 79.9 cm³/mol. The van der Waals surface area contributed by atoms with E-state index in [1.807, 2.05) is 6.20 Å². The van der Waals surface area contributed by atoms with Gasteiger partial charge >= 0.3 is 0 Å². The largest absolute Gasteiger partial charge is 0.370 e. The molecule has 1 aromatic rings. The van der Waals surface area contributed by atoms with Crippen LogP contribution < -0.4 is 5.73 Å². The van der Waals surface area contributed by atoms with Crippen LogP contribution in [0.4, 0.5) is 0 Å². The number of rotatable bonds is 3. The van der Waals surface area contributed by atoms with Crippen molar-refractivity contribution >= 4 is 15.9 Å². The third kappa shape index (κ3) is 3.75. The maximum Gasteiger partial charge on any atom is 0.0757 e. The molecule has 106 valence electrons. The number of nitrogens with zero attached hydrogens (tertiary/aromatic N) is 2. The van der Waals surface area contributed by atoms with E-state index in [1.165, 1.54) is 0 Å². The molecule has 1 fully saturated rings. The fourth-order valence-corrected chi connectivity index (χ4v) is 3.23. The number of hydrogen-bond donors (Lipinski definition) is 1. The maximum atomic E-state index is 5.99. The van der Waals surface area contributed by atoms with Gasteiger partial charge in [0.1, 0.15) is 0 Å². The quantitative estimate of drug-likeness (QED) is 0.925. The van der Waals surface area contributed by atoms with Crippen LogP contribution in [0, 0.1) is 0 Å². The monoisotopic (exact) mass is 327 g/mol. The van der Waals surface area contributed by atoms with E-state index in [1.54, 1.807) is 6.20 Å². The first kappa shape index (κ1) is 14.9. The van der Waals surface area contributed by atoms with Crippen LogP contribution in [0.1, 0.15) is 32.4 Å². The van der Waals surface area contributed by atoms with Gasteiger partial charge in [0.15, 0.2) is 0 Å². The van der Waals surface area contributed by atoms with Crippen molar-refractivity contribution in [3.8, 4) is 0 Å². The summed E-state index contributed by atoms with van der Waals surface area (Å²) in [7, 11) is 0. The Hall–Kier alpha value is -0.490. The summed E-state index contributed by atoms with van der Waals surface area (Å²) in [6.07, 6.45) is 3.91. The third-order valence-electron chi connectivity index (χ3n) is 3.37. The lowest BCUT2D eigenvalue weighted by atomic mass is 10.0. The Kier molecular flexibility index (Phi) is 4.61. The fraction of sp³-hybridized carbons (Fsp3) is 0.643. The molecule has 0 spiro atoms. The van der Waals surface area contributed by atoms with Crippen molar-refractivity contribution in [3.63, 3.8) is 0 Å². The van der Waals surface area contributed by atoms with Crippen LogP contribution in [0.25, 0.3) is 0 Å². The normalized spacial score (nSPS) is 25.2. The molecule has 0 saturated carbocycles. The van der Waals surface area contributed by atoms with Gasteiger partial charge in [0.2, 0.25) is 0 Å². The highest BCUT2D eigenvalue weighted by molar-refractivity contribution is 9.10. The molecule has 19 heavy (non-hydrogen) atoms. The SMILES string of the molecule is CC1CN(C(CN)c2cncc(Br)c2)CC(C)(C)O1. The number of morpholine rings is 1. The van der Waals surface area contributed by atoms with Crippen LogP contribution in [-0.4, -0.2) is 41.2 Å². The van der Waals surface area contributed by atoms with Crippen molar-refractivity contribution in [2.45, 2.75) is 38.5 Å². The molecular formula is C14H22BrN3O. The number of hydrogen-bond acceptors (Lipinski definition) is 4. The smallest absolute Gasteiger partial charge is 0.0757 e. The van der Waals surface area contributed by atoms with E-state index in [0.29, 0.717) is 6.54 Å². The summed E-state index contributed by atoms with van der Waals surface area (Å²) in [5, 5.41) is 0. The Balaban J connectivity index is 2.22. The number of halogens is 1. The Morgan fingerprint density at radius 3 is 2.89 bits per heavy atom. The van der Waals surface area contributed by atoms with Gasteiger partial charge in [-0.1, -0.05) is 0 Å². The van der Waals surface area contributed by atoms with Crippen molar-refractivity contribution < 1.29 is 4.74 Å². The van der Waals surface area contributed by atoms with Crippen molar-refractivity contribution in [1.82, 2.24) is 9.88 Å². The summed E-state index contributed by atoms with van der Waals surface area (Å²) < 4.78 is 6.94. The van der Waals surface area contributed by atoms with Crippen LogP contribution in [-0.2, 0) is 4.74 Å². The van der Waals surface area contributed by atoms with Gasteiger partial charge in [0.05, 0.1) is 11.7 Å². The third-order valence-corrected chi connectivity index (χ3v) is 3.80. The average Bonchev–Trinajstić information content (AvgIpc) is 2.27. The van der Waals surface area contributed by atoms with E-state index < -0.39 is 0 Å². The lowest BCUT2D eigenvalue weighted by Crippen LogP contribution is -2.53. The Morgan fingerprint density at radius 1 is 1.58 bits per heavy atom. The van der Waals surface area contributed by atoms with Crippen molar-refractivity contribution in [3.05, 3.63) is 28.5 Å². The first-order valence-electron chi connectivity index (χ1n) is 6.63. The van der Waals surface area contributed by atoms with Gasteiger partial charge < -0.3 is 10.5 Å². The first-order chi connectivity index (χ1) is 8.91. The summed E-state index contributed by atoms with van der Waals surface area (Å²) in [4.78, 5) is 6.64. The van der Waals surface area contributed by atoms with Crippen molar-refractivity contribution in [2.75, 3.05) is 19.6 Å². The maximum absolute atomic E-state index is 5.99. The highest BCUT2D eigenvalue weighted by Gasteiger charge is 2.34. The van der Waals surface area contributed by atoms with Gasteiger partial charge in [-0.25, -0.2) is 0 Å². The lowest BCUT2D eigenvalue weighted by molar-refractivity contribution is -0.137. The minimum atomic E-state index is -0.134. The van der Waals surface area contributed by atoms with E-state index in [2.05, 4.69) is 52.7 Å². The molecule has 2 heterocycles. The average molecular weight is 328 g/mol. The summed E-state index contributed by atoms with van der Waals surface area (Å²) in [5.41, 5.74) is 7.01. The zero-order valence-corrected chi connectivity index (χ0v) is 13.4. The molecule has 1 aliphatic rings. The molecule has 2 rings (SSSR count). The number of ether oxygens (including phenoxy) is 1. The summed E-state index contributed by atoms with van der Waals surface area (Å²) in [6, 6.07) is 2.29. The van der Waals surface area contributed by atoms with Gasteiger partial charge in [-0.2, -0.15) is 0 Å². The van der Waals surface area contributed by atoms with Gasteiger partial charge in [0.25, 0.3) is 0 Å². The Morgan fingerprint density at radius 2 is 2.32 bits per heavy atom. The van der Waals surface area contributed by atoms with Crippen LogP contribution in [0.2, 0.25) is 0 Å². The zero-order chi connectivity index (χ0) is 14.0. The summed E-state index contributed by atoms with van der Waals surface area (Å²) in [6.45, 7) is 8.73. The second kappa shape index (κ2) is 5.87. The van der Waals surface area contributed by atoms with Crippen LogP contribution in [0.3, 0.4) is 0 Å². The molecular weight excluding hydrogens is 306 g/mol. The standard InChI is InChI=1S/C14H22BrN3O/c1-10-8-18(9-14(2,3)19-10)13(5-16)11-4-12(15)7-17-6-11/h4,6-7,10,13H,5,8-9,16H2,1-3H3. The van der Waals surface area contributed by atoms with Gasteiger partial charge in [0, 0.05) is 42.5 Å². The van der Waals surface area contributed by atoms with Crippen LogP contribution >= 0.6 is 15.9 Å². The van der Waals surface area contributed by atoms with E-state index >= 15 is 0 Å². The van der Waals surface area contributed by atoms with Crippen molar-refractivity contribution in [2.24, 2.45) is 5.73 Å². The van der Waals surface area contributed by atoms with Crippen LogP contribution in [0.15, 0.2) is 22.9 Å². The van der Waals surface area contributed by atoms with Gasteiger partial charge in [-0.3, -0.25) is 9.88 Å². The summed E-state index contributed by atoms with van der Waals surface area (Å²) in [5.74, 6) is 0. The Bertz CT molecular complexity index is 438. The first-order valence-corrected chi connectivity index (χ1v) is 7.43. The van der Waals surface area contributed by atoms with Gasteiger partial charge in [-0.05, 0) is 48.3 Å². The van der Waals surface area contributed by atoms with Crippen LogP contribution in [0.5, 0.6) is 0 Å². The van der Waals surface area contributed by atoms with E-state index in [-0.39, 0.29) is 17.7 Å². The molecule has 0 bridgehead atoms. The lowest BCUT2D eigenvalue weighted by Gasteiger charge is -2.45. The molecule has 0 radical (unpaired) electrons. The Labute approximate surface area is 123 Å². The molecule has 2 unspecified atom stereocenters. The van der Waals surface area contributed by atoms with E-state index in [0.717, 1.165) is 23.1 Å². The number of aromatic nitrogens is 1. The highest BCUT2D eigenvalue weighted by atomic mass is 79.9. The topological polar surface area (TPSA) is 51.4 Å². The number of nitrogens with two attached hydrogens (primary N) is 1. The second-order valence-electron chi connectivity index (χ2n) is 5.81. The molecule has 1 saturated heterocycles. The number of pyridine rings is 1. The molecule has 2 N–H and O–H groups in total. The van der Waals surface area contributed by atoms with E-state index in [4.69, 9.17) is 10.5 Å². The van der Waals surface area contributed by atoms with E-state index in [9.17, 15) is 0 Å². The van der Waals surface area contributed by atoms with Gasteiger partial charge in [-0.15, -0.1) is 0 Å². The molecule has 0 amide bonds. The minimum Gasteiger partial charge on any atom is -0.370 e. The minimum absolute atomic E-state index is 0.134. The molecule has 0 aliphatic carbocycles. The molecule has 1 aromatic heterocycles. The molecule has 0 aromatic carbocycles. The molecule has 5 heteroatoms.